The molecule has 0 fully saturated rings. The number of rotatable bonds is 4. The average Bonchev–Trinajstić information content (AvgIpc) is 3.10. The monoisotopic (exact) mass is 380 g/mol. The first-order valence-corrected chi connectivity index (χ1v) is 8.01. The summed E-state index contributed by atoms with van der Waals surface area (Å²) in [6.45, 7) is 0. The zero-order valence-electron chi connectivity index (χ0n) is 12.9. The highest BCUT2D eigenvalue weighted by Crippen LogP contribution is 2.29. The number of nitrogen functional groups attached to an aromatic ring is 1. The number of ether oxygens (including phenoxy) is 1. The van der Waals surface area contributed by atoms with Crippen LogP contribution in [0.5, 0.6) is 5.75 Å². The standard InChI is InChI=1S/C16H11F3N4O2S/c17-16(18,19)25-10-2-4-12(22-6-10)15(24)23-13-5-9(1-3-11(13)20)14-7-21-8-26-14/h1-8H,20H2,(H,23,24). The minimum Gasteiger partial charge on any atom is -0.404 e. The number of halogens is 3. The lowest BCUT2D eigenvalue weighted by atomic mass is 10.1. The van der Waals surface area contributed by atoms with Crippen molar-refractivity contribution < 1.29 is 22.7 Å². The highest BCUT2D eigenvalue weighted by atomic mass is 32.1. The quantitative estimate of drug-likeness (QED) is 0.669. The number of anilines is 2. The Kier molecular flexibility index (Phi) is 4.76. The van der Waals surface area contributed by atoms with Crippen molar-refractivity contribution in [3.8, 4) is 16.2 Å². The van der Waals surface area contributed by atoms with E-state index in [4.69, 9.17) is 5.73 Å². The fourth-order valence-corrected chi connectivity index (χ4v) is 2.69. The number of amides is 1. The zero-order chi connectivity index (χ0) is 18.7. The molecule has 0 atom stereocenters. The summed E-state index contributed by atoms with van der Waals surface area (Å²) in [5.41, 5.74) is 8.98. The Hall–Kier alpha value is -3.14. The van der Waals surface area contributed by atoms with Gasteiger partial charge in [-0.05, 0) is 29.8 Å². The summed E-state index contributed by atoms with van der Waals surface area (Å²) in [7, 11) is 0. The average molecular weight is 380 g/mol. The van der Waals surface area contributed by atoms with Crippen LogP contribution in [0.2, 0.25) is 0 Å². The Labute approximate surface area is 149 Å². The maximum atomic E-state index is 12.3. The fourth-order valence-electron chi connectivity index (χ4n) is 2.07. The number of nitrogens with two attached hydrogens (primary N) is 1. The number of nitrogens with one attached hydrogen (secondary N) is 1. The van der Waals surface area contributed by atoms with Gasteiger partial charge < -0.3 is 15.8 Å². The van der Waals surface area contributed by atoms with Gasteiger partial charge in [-0.15, -0.1) is 24.5 Å². The van der Waals surface area contributed by atoms with Gasteiger partial charge in [0.15, 0.2) is 0 Å². The van der Waals surface area contributed by atoms with E-state index in [9.17, 15) is 18.0 Å². The summed E-state index contributed by atoms with van der Waals surface area (Å²) in [6.07, 6.45) is -2.32. The number of hydrogen-bond donors (Lipinski definition) is 2. The van der Waals surface area contributed by atoms with Crippen molar-refractivity contribution >= 4 is 28.6 Å². The maximum Gasteiger partial charge on any atom is 0.573 e. The molecule has 3 rings (SSSR count). The topological polar surface area (TPSA) is 90.1 Å². The molecule has 6 nitrogen and oxygen atoms in total. The molecule has 0 radical (unpaired) electrons. The lowest BCUT2D eigenvalue weighted by Crippen LogP contribution is -2.18. The van der Waals surface area contributed by atoms with Crippen LogP contribution in [0.3, 0.4) is 0 Å². The van der Waals surface area contributed by atoms with E-state index in [2.05, 4.69) is 20.0 Å². The van der Waals surface area contributed by atoms with Gasteiger partial charge in [0.1, 0.15) is 11.4 Å². The first-order valence-electron chi connectivity index (χ1n) is 7.13. The number of alkyl halides is 3. The second kappa shape index (κ2) is 7.00. The Morgan fingerprint density at radius 3 is 2.62 bits per heavy atom. The van der Waals surface area contributed by atoms with Gasteiger partial charge in [0, 0.05) is 6.20 Å². The van der Waals surface area contributed by atoms with Gasteiger partial charge in [0.2, 0.25) is 0 Å². The molecule has 0 saturated carbocycles. The van der Waals surface area contributed by atoms with Crippen LogP contribution in [0.25, 0.3) is 10.4 Å². The number of thiazole rings is 1. The first-order chi connectivity index (χ1) is 12.3. The van der Waals surface area contributed by atoms with E-state index in [0.717, 1.165) is 28.8 Å². The molecule has 2 heterocycles. The summed E-state index contributed by atoms with van der Waals surface area (Å²) in [5.74, 6) is -1.13. The van der Waals surface area contributed by atoms with Crippen molar-refractivity contribution in [3.63, 3.8) is 0 Å². The molecule has 0 aliphatic carbocycles. The van der Waals surface area contributed by atoms with Crippen LogP contribution >= 0.6 is 11.3 Å². The molecule has 1 aromatic carbocycles. The number of nitrogens with zero attached hydrogens (tertiary/aromatic N) is 2. The summed E-state index contributed by atoms with van der Waals surface area (Å²) in [5, 5.41) is 2.59. The summed E-state index contributed by atoms with van der Waals surface area (Å²) in [6, 6.07) is 7.24. The van der Waals surface area contributed by atoms with Gasteiger partial charge in [-0.1, -0.05) is 6.07 Å². The minimum atomic E-state index is -4.82. The second-order valence-corrected chi connectivity index (χ2v) is 5.94. The molecule has 3 aromatic rings. The smallest absolute Gasteiger partial charge is 0.404 e. The number of carbonyl (C=O) groups is 1. The molecule has 3 N–H and O–H groups in total. The molecule has 0 unspecified atom stereocenters. The lowest BCUT2D eigenvalue weighted by Gasteiger charge is -2.11. The fraction of sp³-hybridized carbons (Fsp3) is 0.0625. The molecule has 0 bridgehead atoms. The van der Waals surface area contributed by atoms with E-state index in [1.54, 1.807) is 29.9 Å². The Balaban J connectivity index is 1.76. The van der Waals surface area contributed by atoms with Gasteiger partial charge in [-0.25, -0.2) is 4.98 Å². The van der Waals surface area contributed by atoms with Gasteiger partial charge in [-0.2, -0.15) is 0 Å². The van der Waals surface area contributed by atoms with E-state index in [-0.39, 0.29) is 5.69 Å². The highest BCUT2D eigenvalue weighted by molar-refractivity contribution is 7.13. The molecule has 0 spiro atoms. The molecule has 10 heteroatoms. The van der Waals surface area contributed by atoms with E-state index in [1.807, 2.05) is 0 Å². The van der Waals surface area contributed by atoms with Crippen LogP contribution in [0.1, 0.15) is 10.5 Å². The largest absolute Gasteiger partial charge is 0.573 e. The van der Waals surface area contributed by atoms with Crippen molar-refractivity contribution in [2.45, 2.75) is 6.36 Å². The van der Waals surface area contributed by atoms with E-state index >= 15 is 0 Å². The van der Waals surface area contributed by atoms with Crippen molar-refractivity contribution in [1.29, 1.82) is 0 Å². The summed E-state index contributed by atoms with van der Waals surface area (Å²) < 4.78 is 40.1. The molecule has 0 aliphatic rings. The van der Waals surface area contributed by atoms with E-state index in [1.165, 1.54) is 11.3 Å². The number of pyridine rings is 1. The number of hydrogen-bond acceptors (Lipinski definition) is 6. The SMILES string of the molecule is Nc1ccc(-c2cncs2)cc1NC(=O)c1ccc(OC(F)(F)F)cn1. The van der Waals surface area contributed by atoms with E-state index in [0.29, 0.717) is 11.4 Å². The van der Waals surface area contributed by atoms with Crippen molar-refractivity contribution in [2.24, 2.45) is 0 Å². The number of aromatic nitrogens is 2. The van der Waals surface area contributed by atoms with Gasteiger partial charge in [0.05, 0.1) is 28.0 Å². The summed E-state index contributed by atoms with van der Waals surface area (Å²) >= 11 is 1.43. The first kappa shape index (κ1) is 17.7. The van der Waals surface area contributed by atoms with Gasteiger partial charge in [0.25, 0.3) is 5.91 Å². The van der Waals surface area contributed by atoms with Crippen molar-refractivity contribution in [1.82, 2.24) is 9.97 Å². The molecule has 0 aliphatic heterocycles. The van der Waals surface area contributed by atoms with Crippen LogP contribution in [0.4, 0.5) is 24.5 Å². The number of carbonyl (C=O) groups excluding carboxylic acids is 1. The van der Waals surface area contributed by atoms with Crippen LogP contribution < -0.4 is 15.8 Å². The number of benzene rings is 1. The maximum absolute atomic E-state index is 12.3. The van der Waals surface area contributed by atoms with Crippen LogP contribution in [-0.4, -0.2) is 22.2 Å². The Bertz CT molecular complexity index is 912. The van der Waals surface area contributed by atoms with Crippen molar-refractivity contribution in [2.75, 3.05) is 11.1 Å². The molecule has 26 heavy (non-hydrogen) atoms. The van der Waals surface area contributed by atoms with Crippen LogP contribution in [0.15, 0.2) is 48.2 Å². The highest BCUT2D eigenvalue weighted by Gasteiger charge is 2.31. The Morgan fingerprint density at radius 1 is 1.19 bits per heavy atom. The Morgan fingerprint density at radius 2 is 2.00 bits per heavy atom. The molecular weight excluding hydrogens is 369 g/mol. The van der Waals surface area contributed by atoms with Crippen molar-refractivity contribution in [3.05, 3.63) is 53.9 Å². The molecule has 0 saturated heterocycles. The zero-order valence-corrected chi connectivity index (χ0v) is 13.8. The third-order valence-corrected chi connectivity index (χ3v) is 4.04. The molecule has 1 amide bonds. The van der Waals surface area contributed by atoms with Gasteiger partial charge >= 0.3 is 6.36 Å². The molecular formula is C16H11F3N4O2S. The third kappa shape index (κ3) is 4.28. The summed E-state index contributed by atoms with van der Waals surface area (Å²) in [4.78, 5) is 20.8. The predicted molar refractivity (Wildman–Crippen MR) is 90.8 cm³/mol. The van der Waals surface area contributed by atoms with Crippen LogP contribution in [0, 0.1) is 0 Å². The molecule has 134 valence electrons. The second-order valence-electron chi connectivity index (χ2n) is 5.05. The van der Waals surface area contributed by atoms with Gasteiger partial charge in [-0.3, -0.25) is 9.78 Å². The normalized spacial score (nSPS) is 11.2. The van der Waals surface area contributed by atoms with Crippen LogP contribution in [-0.2, 0) is 0 Å². The van der Waals surface area contributed by atoms with E-state index < -0.39 is 18.0 Å². The minimum absolute atomic E-state index is 0.0814. The lowest BCUT2D eigenvalue weighted by molar-refractivity contribution is -0.274. The molecule has 2 aromatic heterocycles. The third-order valence-electron chi connectivity index (χ3n) is 3.22. The predicted octanol–water partition coefficient (Wildman–Crippen LogP) is 3.94.